The van der Waals surface area contributed by atoms with Crippen molar-refractivity contribution in [3.05, 3.63) is 65.7 Å². The fourth-order valence-corrected chi connectivity index (χ4v) is 1.69. The summed E-state index contributed by atoms with van der Waals surface area (Å²) in [6.45, 7) is 2.41. The quantitative estimate of drug-likeness (QED) is 0.682. The number of rotatable bonds is 4. The average molecular weight is 269 g/mol. The molecule has 0 aliphatic heterocycles. The molecule has 0 amide bonds. The van der Waals surface area contributed by atoms with E-state index in [0.717, 1.165) is 5.56 Å². The first kappa shape index (κ1) is 13.8. The molecule has 4 heteroatoms. The average Bonchev–Trinajstić information content (AvgIpc) is 2.48. The number of nitrogens with zero attached hydrogens (tertiary/aromatic N) is 1. The molecule has 1 N–H and O–H groups in total. The fourth-order valence-electron chi connectivity index (χ4n) is 1.69. The summed E-state index contributed by atoms with van der Waals surface area (Å²) in [7, 11) is 0. The summed E-state index contributed by atoms with van der Waals surface area (Å²) in [5.74, 6) is -0.426. The van der Waals surface area contributed by atoms with E-state index < -0.39 is 5.97 Å². The van der Waals surface area contributed by atoms with Crippen molar-refractivity contribution in [1.29, 1.82) is 0 Å². The Morgan fingerprint density at radius 2 is 1.70 bits per heavy atom. The molecule has 2 rings (SSSR count). The summed E-state index contributed by atoms with van der Waals surface area (Å²) in [6, 6.07) is 16.0. The Bertz CT molecular complexity index is 603. The molecule has 0 spiro atoms. The van der Waals surface area contributed by atoms with Gasteiger partial charge in [-0.15, -0.1) is 0 Å². The van der Waals surface area contributed by atoms with Crippen LogP contribution in [-0.2, 0) is 4.74 Å². The van der Waals surface area contributed by atoms with Crippen LogP contribution in [0.2, 0.25) is 0 Å². The number of benzene rings is 2. The van der Waals surface area contributed by atoms with E-state index in [4.69, 9.17) is 9.84 Å². The first-order valence-corrected chi connectivity index (χ1v) is 6.31. The fraction of sp³-hybridized carbons (Fsp3) is 0.125. The van der Waals surface area contributed by atoms with Crippen LogP contribution in [0.25, 0.3) is 0 Å². The Hall–Kier alpha value is -2.62. The van der Waals surface area contributed by atoms with Gasteiger partial charge in [0.25, 0.3) is 0 Å². The summed E-state index contributed by atoms with van der Waals surface area (Å²) in [6.07, 6.45) is 0. The van der Waals surface area contributed by atoms with Gasteiger partial charge in [-0.25, -0.2) is 9.79 Å². The standard InChI is InChI=1S/C16H15NO3/c1-2-20-15(12-6-4-3-5-7-12)17-14-10-8-13(9-11-14)16(18)19/h3-11H,2H2,1H3,(H,18,19). The molecule has 0 atom stereocenters. The number of carbonyl (C=O) groups is 1. The first-order chi connectivity index (χ1) is 9.70. The minimum atomic E-state index is -0.950. The lowest BCUT2D eigenvalue weighted by molar-refractivity contribution is 0.0697. The van der Waals surface area contributed by atoms with E-state index >= 15 is 0 Å². The Morgan fingerprint density at radius 1 is 1.05 bits per heavy atom. The second-order valence-electron chi connectivity index (χ2n) is 4.07. The molecule has 102 valence electrons. The summed E-state index contributed by atoms with van der Waals surface area (Å²) in [5.41, 5.74) is 1.78. The molecular weight excluding hydrogens is 254 g/mol. The molecule has 4 nitrogen and oxygen atoms in total. The summed E-state index contributed by atoms with van der Waals surface area (Å²) in [5, 5.41) is 8.86. The number of aromatic carboxylic acids is 1. The van der Waals surface area contributed by atoms with Gasteiger partial charge in [-0.3, -0.25) is 0 Å². The van der Waals surface area contributed by atoms with E-state index in [1.54, 1.807) is 12.1 Å². The van der Waals surface area contributed by atoms with E-state index in [0.29, 0.717) is 18.2 Å². The Balaban J connectivity index is 2.31. The van der Waals surface area contributed by atoms with Crippen molar-refractivity contribution in [2.45, 2.75) is 6.92 Å². The summed E-state index contributed by atoms with van der Waals surface area (Å²) >= 11 is 0. The molecule has 0 saturated carbocycles. The molecule has 0 bridgehead atoms. The lowest BCUT2D eigenvalue weighted by Crippen LogP contribution is -2.06. The lowest BCUT2D eigenvalue weighted by atomic mass is 10.2. The van der Waals surface area contributed by atoms with Crippen LogP contribution in [-0.4, -0.2) is 23.6 Å². The molecule has 0 aromatic heterocycles. The van der Waals surface area contributed by atoms with Gasteiger partial charge in [-0.2, -0.15) is 0 Å². The largest absolute Gasteiger partial charge is 0.478 e. The van der Waals surface area contributed by atoms with Crippen molar-refractivity contribution in [3.63, 3.8) is 0 Å². The highest BCUT2D eigenvalue weighted by Gasteiger charge is 2.05. The highest BCUT2D eigenvalue weighted by molar-refractivity contribution is 5.96. The highest BCUT2D eigenvalue weighted by Crippen LogP contribution is 2.16. The van der Waals surface area contributed by atoms with Gasteiger partial charge in [0.2, 0.25) is 5.90 Å². The molecule has 2 aromatic rings. The van der Waals surface area contributed by atoms with Gasteiger partial charge >= 0.3 is 5.97 Å². The maximum absolute atomic E-state index is 10.8. The van der Waals surface area contributed by atoms with E-state index in [9.17, 15) is 4.79 Å². The van der Waals surface area contributed by atoms with Crippen LogP contribution in [0, 0.1) is 0 Å². The van der Waals surface area contributed by atoms with Gasteiger partial charge in [0.15, 0.2) is 0 Å². The van der Waals surface area contributed by atoms with Gasteiger partial charge in [0, 0.05) is 5.56 Å². The zero-order valence-corrected chi connectivity index (χ0v) is 11.1. The van der Waals surface area contributed by atoms with Crippen LogP contribution in [0.5, 0.6) is 0 Å². The van der Waals surface area contributed by atoms with Crippen molar-refractivity contribution in [2.75, 3.05) is 6.61 Å². The summed E-state index contributed by atoms with van der Waals surface area (Å²) in [4.78, 5) is 15.2. The minimum absolute atomic E-state index is 0.238. The molecule has 0 fully saturated rings. The van der Waals surface area contributed by atoms with Crippen molar-refractivity contribution < 1.29 is 14.6 Å². The van der Waals surface area contributed by atoms with Gasteiger partial charge in [0.1, 0.15) is 0 Å². The van der Waals surface area contributed by atoms with Gasteiger partial charge in [-0.1, -0.05) is 18.2 Å². The van der Waals surface area contributed by atoms with Crippen LogP contribution in [0.1, 0.15) is 22.8 Å². The molecule has 0 unspecified atom stereocenters. The third kappa shape index (κ3) is 3.45. The van der Waals surface area contributed by atoms with Crippen LogP contribution in [0.15, 0.2) is 59.6 Å². The molecule has 0 heterocycles. The maximum atomic E-state index is 10.8. The second-order valence-corrected chi connectivity index (χ2v) is 4.07. The zero-order valence-electron chi connectivity index (χ0n) is 11.1. The number of hydrogen-bond donors (Lipinski definition) is 1. The molecule has 0 aliphatic carbocycles. The summed E-state index contributed by atoms with van der Waals surface area (Å²) < 4.78 is 5.54. The predicted octanol–water partition coefficient (Wildman–Crippen LogP) is 3.50. The number of hydrogen-bond acceptors (Lipinski definition) is 3. The highest BCUT2D eigenvalue weighted by atomic mass is 16.5. The molecule has 0 saturated heterocycles. The zero-order chi connectivity index (χ0) is 14.4. The Kier molecular flexibility index (Phi) is 4.50. The van der Waals surface area contributed by atoms with E-state index in [1.807, 2.05) is 37.3 Å². The first-order valence-electron chi connectivity index (χ1n) is 6.31. The molecule has 20 heavy (non-hydrogen) atoms. The van der Waals surface area contributed by atoms with Crippen molar-refractivity contribution in [2.24, 2.45) is 4.99 Å². The Morgan fingerprint density at radius 3 is 2.25 bits per heavy atom. The lowest BCUT2D eigenvalue weighted by Gasteiger charge is -2.07. The van der Waals surface area contributed by atoms with Crippen molar-refractivity contribution >= 4 is 17.6 Å². The van der Waals surface area contributed by atoms with Gasteiger partial charge in [-0.05, 0) is 43.3 Å². The molecule has 0 radical (unpaired) electrons. The van der Waals surface area contributed by atoms with Crippen LogP contribution in [0.3, 0.4) is 0 Å². The van der Waals surface area contributed by atoms with E-state index in [2.05, 4.69) is 4.99 Å². The smallest absolute Gasteiger partial charge is 0.335 e. The number of carboxylic acids is 1. The number of carboxylic acid groups (broad SMARTS) is 1. The topological polar surface area (TPSA) is 58.9 Å². The van der Waals surface area contributed by atoms with Gasteiger partial charge in [0.05, 0.1) is 17.9 Å². The number of ether oxygens (including phenoxy) is 1. The van der Waals surface area contributed by atoms with E-state index in [1.165, 1.54) is 12.1 Å². The van der Waals surface area contributed by atoms with E-state index in [-0.39, 0.29) is 5.56 Å². The molecule has 0 aliphatic rings. The van der Waals surface area contributed by atoms with Crippen LogP contribution < -0.4 is 0 Å². The van der Waals surface area contributed by atoms with Crippen LogP contribution in [0.4, 0.5) is 5.69 Å². The third-order valence-corrected chi connectivity index (χ3v) is 2.65. The second kappa shape index (κ2) is 6.52. The predicted molar refractivity (Wildman–Crippen MR) is 77.7 cm³/mol. The third-order valence-electron chi connectivity index (χ3n) is 2.65. The normalized spacial score (nSPS) is 11.2. The Labute approximate surface area is 117 Å². The molecular formula is C16H15NO3. The SMILES string of the molecule is CCOC(=Nc1ccc(C(=O)O)cc1)c1ccccc1. The van der Waals surface area contributed by atoms with Crippen molar-refractivity contribution in [3.8, 4) is 0 Å². The molecule has 2 aromatic carbocycles. The maximum Gasteiger partial charge on any atom is 0.335 e. The minimum Gasteiger partial charge on any atom is -0.478 e. The monoisotopic (exact) mass is 269 g/mol. The van der Waals surface area contributed by atoms with Gasteiger partial charge < -0.3 is 9.84 Å². The number of aliphatic imine (C=N–C) groups is 1. The van der Waals surface area contributed by atoms with Crippen molar-refractivity contribution in [1.82, 2.24) is 0 Å². The van der Waals surface area contributed by atoms with Crippen LogP contribution >= 0.6 is 0 Å².